The van der Waals surface area contributed by atoms with Gasteiger partial charge in [-0.15, -0.1) is 0 Å². The summed E-state index contributed by atoms with van der Waals surface area (Å²) in [6.07, 6.45) is 0.0733. The van der Waals surface area contributed by atoms with Crippen molar-refractivity contribution in [2.45, 2.75) is 12.5 Å². The Morgan fingerprint density at radius 2 is 1.77 bits per heavy atom. The molecule has 0 aromatic heterocycles. The summed E-state index contributed by atoms with van der Waals surface area (Å²) in [5, 5.41) is 12.6. The molecule has 2 aromatic rings. The van der Waals surface area contributed by atoms with Crippen LogP contribution in [0.1, 0.15) is 15.9 Å². The average Bonchev–Trinajstić information content (AvgIpc) is 2.49. The molecular weight excluding hydrogens is 325 g/mol. The first kappa shape index (κ1) is 16.3. The van der Waals surface area contributed by atoms with Crippen molar-refractivity contribution in [3.63, 3.8) is 0 Å². The van der Waals surface area contributed by atoms with Gasteiger partial charge in [0.25, 0.3) is 5.91 Å². The number of hydrogen-bond donors (Lipinski definition) is 2. The number of halogens is 2. The highest BCUT2D eigenvalue weighted by Gasteiger charge is 2.22. The van der Waals surface area contributed by atoms with Crippen molar-refractivity contribution in [1.29, 1.82) is 0 Å². The van der Waals surface area contributed by atoms with Crippen molar-refractivity contribution in [3.05, 3.63) is 69.7 Å². The smallest absolute Gasteiger partial charge is 0.326 e. The fourth-order valence-electron chi connectivity index (χ4n) is 1.94. The molecule has 2 N–H and O–H groups in total. The molecule has 0 spiro atoms. The number of carboxylic acids is 1. The molecule has 0 heterocycles. The largest absolute Gasteiger partial charge is 0.480 e. The second-order valence-corrected chi connectivity index (χ2v) is 5.51. The highest BCUT2D eigenvalue weighted by Crippen LogP contribution is 2.22. The third kappa shape index (κ3) is 4.23. The van der Waals surface area contributed by atoms with E-state index in [0.717, 1.165) is 0 Å². The van der Waals surface area contributed by atoms with Crippen LogP contribution in [0.25, 0.3) is 0 Å². The fourth-order valence-corrected chi connectivity index (χ4v) is 2.42. The van der Waals surface area contributed by atoms with Gasteiger partial charge in [-0.2, -0.15) is 0 Å². The van der Waals surface area contributed by atoms with Gasteiger partial charge in [-0.25, -0.2) is 4.79 Å². The van der Waals surface area contributed by atoms with Crippen LogP contribution >= 0.6 is 23.2 Å². The number of benzene rings is 2. The van der Waals surface area contributed by atoms with Crippen LogP contribution in [0, 0.1) is 0 Å². The first-order valence-electron chi connectivity index (χ1n) is 6.50. The Kier molecular flexibility index (Phi) is 5.41. The summed E-state index contributed by atoms with van der Waals surface area (Å²) in [4.78, 5) is 23.4. The third-order valence-corrected chi connectivity index (χ3v) is 3.67. The van der Waals surface area contributed by atoms with Gasteiger partial charge >= 0.3 is 5.97 Å². The van der Waals surface area contributed by atoms with E-state index in [1.807, 2.05) is 0 Å². The summed E-state index contributed by atoms with van der Waals surface area (Å²) in [6, 6.07) is 12.2. The minimum absolute atomic E-state index is 0.0733. The van der Waals surface area contributed by atoms with E-state index in [9.17, 15) is 14.7 Å². The van der Waals surface area contributed by atoms with Crippen LogP contribution in [0.3, 0.4) is 0 Å². The van der Waals surface area contributed by atoms with Gasteiger partial charge in [-0.05, 0) is 29.8 Å². The molecule has 0 fully saturated rings. The summed E-state index contributed by atoms with van der Waals surface area (Å²) >= 11 is 11.9. The molecule has 0 aliphatic rings. The molecule has 0 bridgehead atoms. The number of hydrogen-bond acceptors (Lipinski definition) is 2. The fraction of sp³-hybridized carbons (Fsp3) is 0.125. The van der Waals surface area contributed by atoms with Crippen LogP contribution in [0.2, 0.25) is 10.0 Å². The zero-order valence-corrected chi connectivity index (χ0v) is 12.9. The van der Waals surface area contributed by atoms with Crippen LogP contribution in [0.15, 0.2) is 48.5 Å². The minimum Gasteiger partial charge on any atom is -0.480 e. The van der Waals surface area contributed by atoms with E-state index in [2.05, 4.69) is 5.32 Å². The summed E-state index contributed by atoms with van der Waals surface area (Å²) in [7, 11) is 0. The molecule has 0 aliphatic heterocycles. The lowest BCUT2D eigenvalue weighted by molar-refractivity contribution is -0.139. The van der Waals surface area contributed by atoms with Crippen molar-refractivity contribution in [2.75, 3.05) is 0 Å². The Morgan fingerprint density at radius 3 is 2.36 bits per heavy atom. The standard InChI is InChI=1S/C16H13Cl2NO3/c17-12-7-6-11(13(18)9-12)8-14(16(21)22)19-15(20)10-4-2-1-3-5-10/h1-7,9,14H,8H2,(H,19,20)(H,21,22)/t14-/m0/s1. The van der Waals surface area contributed by atoms with Crippen molar-refractivity contribution in [1.82, 2.24) is 5.32 Å². The molecule has 1 amide bonds. The Hall–Kier alpha value is -2.04. The highest BCUT2D eigenvalue weighted by molar-refractivity contribution is 6.35. The molecular formula is C16H13Cl2NO3. The van der Waals surface area contributed by atoms with Crippen LogP contribution in [0.4, 0.5) is 0 Å². The predicted molar refractivity (Wildman–Crippen MR) is 85.5 cm³/mol. The molecule has 2 aromatic carbocycles. The van der Waals surface area contributed by atoms with Crippen molar-refractivity contribution in [3.8, 4) is 0 Å². The van der Waals surface area contributed by atoms with E-state index < -0.39 is 17.9 Å². The highest BCUT2D eigenvalue weighted by atomic mass is 35.5. The van der Waals surface area contributed by atoms with Crippen LogP contribution < -0.4 is 5.32 Å². The summed E-state index contributed by atoms with van der Waals surface area (Å²) in [6.45, 7) is 0. The first-order valence-corrected chi connectivity index (χ1v) is 7.25. The van der Waals surface area contributed by atoms with Gasteiger partial charge in [0, 0.05) is 22.0 Å². The zero-order chi connectivity index (χ0) is 16.1. The Balaban J connectivity index is 2.14. The number of carbonyl (C=O) groups excluding carboxylic acids is 1. The predicted octanol–water partition coefficient (Wildman–Crippen LogP) is 3.42. The molecule has 22 heavy (non-hydrogen) atoms. The van der Waals surface area contributed by atoms with Gasteiger partial charge in [-0.3, -0.25) is 4.79 Å². The molecule has 0 saturated carbocycles. The second-order valence-electron chi connectivity index (χ2n) is 4.67. The molecule has 0 unspecified atom stereocenters. The molecule has 114 valence electrons. The SMILES string of the molecule is O=C(N[C@@H](Cc1ccc(Cl)cc1Cl)C(=O)O)c1ccccc1. The summed E-state index contributed by atoms with van der Waals surface area (Å²) < 4.78 is 0. The van der Waals surface area contributed by atoms with Gasteiger partial charge in [0.05, 0.1) is 0 Å². The maximum atomic E-state index is 12.1. The quantitative estimate of drug-likeness (QED) is 0.878. The number of rotatable bonds is 5. The van der Waals surface area contributed by atoms with Crippen molar-refractivity contribution >= 4 is 35.1 Å². The zero-order valence-electron chi connectivity index (χ0n) is 11.4. The molecule has 0 saturated heterocycles. The van der Waals surface area contributed by atoms with E-state index in [1.54, 1.807) is 42.5 Å². The Morgan fingerprint density at radius 1 is 1.09 bits per heavy atom. The van der Waals surface area contributed by atoms with Gasteiger partial charge in [-0.1, -0.05) is 47.5 Å². The Labute approximate surface area is 137 Å². The van der Waals surface area contributed by atoms with E-state index >= 15 is 0 Å². The second kappa shape index (κ2) is 7.29. The van der Waals surface area contributed by atoms with E-state index in [4.69, 9.17) is 23.2 Å². The number of amides is 1. The van der Waals surface area contributed by atoms with Gasteiger partial charge in [0.15, 0.2) is 0 Å². The Bertz CT molecular complexity index is 689. The van der Waals surface area contributed by atoms with Gasteiger partial charge in [0.1, 0.15) is 6.04 Å². The number of carbonyl (C=O) groups is 2. The van der Waals surface area contributed by atoms with E-state index in [1.165, 1.54) is 6.07 Å². The van der Waals surface area contributed by atoms with Gasteiger partial charge < -0.3 is 10.4 Å². The summed E-state index contributed by atoms with van der Waals surface area (Å²) in [5.41, 5.74) is 1.00. The molecule has 1 atom stereocenters. The van der Waals surface area contributed by atoms with E-state index in [-0.39, 0.29) is 6.42 Å². The molecule has 0 radical (unpaired) electrons. The lowest BCUT2D eigenvalue weighted by Crippen LogP contribution is -2.42. The first-order chi connectivity index (χ1) is 10.5. The van der Waals surface area contributed by atoms with Crippen LogP contribution in [-0.4, -0.2) is 23.0 Å². The topological polar surface area (TPSA) is 66.4 Å². The van der Waals surface area contributed by atoms with E-state index in [0.29, 0.717) is 21.2 Å². The molecule has 6 heteroatoms. The monoisotopic (exact) mass is 337 g/mol. The maximum absolute atomic E-state index is 12.1. The summed E-state index contributed by atoms with van der Waals surface area (Å²) in [5.74, 6) is -1.58. The third-order valence-electron chi connectivity index (χ3n) is 3.08. The van der Waals surface area contributed by atoms with Crippen molar-refractivity contribution < 1.29 is 14.7 Å². The number of aliphatic carboxylic acids is 1. The van der Waals surface area contributed by atoms with Crippen LogP contribution in [0.5, 0.6) is 0 Å². The number of nitrogens with one attached hydrogen (secondary N) is 1. The lowest BCUT2D eigenvalue weighted by atomic mass is 10.1. The lowest BCUT2D eigenvalue weighted by Gasteiger charge is -2.15. The minimum atomic E-state index is -1.13. The van der Waals surface area contributed by atoms with Crippen LogP contribution in [-0.2, 0) is 11.2 Å². The van der Waals surface area contributed by atoms with Crippen molar-refractivity contribution in [2.24, 2.45) is 0 Å². The molecule has 4 nitrogen and oxygen atoms in total. The number of carboxylic acid groups (broad SMARTS) is 1. The molecule has 2 rings (SSSR count). The average molecular weight is 338 g/mol. The van der Waals surface area contributed by atoms with Gasteiger partial charge in [0.2, 0.25) is 0 Å². The normalized spacial score (nSPS) is 11.7. The molecule has 0 aliphatic carbocycles. The maximum Gasteiger partial charge on any atom is 0.326 e.